The number of aryl methyl sites for hydroxylation is 2. The molecule has 0 saturated carbocycles. The Morgan fingerprint density at radius 3 is 1.90 bits per heavy atom. The topological polar surface area (TPSA) is 125 Å². The zero-order valence-corrected chi connectivity index (χ0v) is 27.9. The van der Waals surface area contributed by atoms with Gasteiger partial charge in [-0.15, -0.1) is 0 Å². The highest BCUT2D eigenvalue weighted by Gasteiger charge is 2.25. The summed E-state index contributed by atoms with van der Waals surface area (Å²) in [5, 5.41) is 5.65. The number of hydrogen-bond acceptors (Lipinski definition) is 5. The van der Waals surface area contributed by atoms with E-state index < -0.39 is 17.7 Å². The number of nitrogens with one attached hydrogen (secondary N) is 4. The maximum absolute atomic E-state index is 13.0. The summed E-state index contributed by atoms with van der Waals surface area (Å²) in [7, 11) is 0. The third kappa shape index (κ3) is 9.69. The van der Waals surface area contributed by atoms with Crippen LogP contribution < -0.4 is 10.6 Å². The van der Waals surface area contributed by atoms with Gasteiger partial charge >= 0.3 is 6.09 Å². The molecule has 5 rings (SSSR count). The van der Waals surface area contributed by atoms with Crippen LogP contribution in [-0.2, 0) is 22.4 Å². The third-order valence-electron chi connectivity index (χ3n) is 7.53. The van der Waals surface area contributed by atoms with Crippen LogP contribution in [0.1, 0.15) is 74.9 Å². The highest BCUT2D eigenvalue weighted by Crippen LogP contribution is 2.20. The van der Waals surface area contributed by atoms with E-state index in [1.54, 1.807) is 20.8 Å². The number of carbonyl (C=O) groups is 2. The van der Waals surface area contributed by atoms with E-state index in [0.717, 1.165) is 71.0 Å². The highest BCUT2D eigenvalue weighted by atomic mass is 16.6. The molecule has 48 heavy (non-hydrogen) atoms. The molecule has 0 fully saturated rings. The highest BCUT2D eigenvalue weighted by molar-refractivity contribution is 5.86. The quantitative estimate of drug-likeness (QED) is 0.0901. The number of rotatable bonds is 11. The van der Waals surface area contributed by atoms with Gasteiger partial charge in [0, 0.05) is 30.5 Å². The SMILES string of the molecule is CCc1ncc(-c2ccc(C#Cc3ccc(-c4cnc(CCCCNC(=O)[C@H](NC(=O)OC(C)(C)C)c5ccccc5)[nH]4)cc3)cc2)[nH]1. The number of imidazole rings is 2. The van der Waals surface area contributed by atoms with Crippen molar-refractivity contribution in [2.75, 3.05) is 6.54 Å². The zero-order chi connectivity index (χ0) is 33.9. The third-order valence-corrected chi connectivity index (χ3v) is 7.53. The molecule has 0 aliphatic carbocycles. The van der Waals surface area contributed by atoms with Gasteiger partial charge in [0.05, 0.1) is 23.8 Å². The second-order valence-corrected chi connectivity index (χ2v) is 12.5. The van der Waals surface area contributed by atoms with E-state index in [0.29, 0.717) is 12.1 Å². The first-order valence-electron chi connectivity index (χ1n) is 16.3. The minimum atomic E-state index is -0.847. The number of ether oxygens (including phenoxy) is 1. The summed E-state index contributed by atoms with van der Waals surface area (Å²) in [5.41, 5.74) is 5.97. The van der Waals surface area contributed by atoms with E-state index in [4.69, 9.17) is 4.74 Å². The molecule has 0 aliphatic rings. The summed E-state index contributed by atoms with van der Waals surface area (Å²) in [6.07, 6.45) is 6.29. The van der Waals surface area contributed by atoms with E-state index in [-0.39, 0.29) is 5.91 Å². The van der Waals surface area contributed by atoms with Gasteiger partial charge in [-0.2, -0.15) is 0 Å². The molecule has 1 atom stereocenters. The van der Waals surface area contributed by atoms with Gasteiger partial charge < -0.3 is 25.3 Å². The van der Waals surface area contributed by atoms with Crippen LogP contribution in [0.3, 0.4) is 0 Å². The number of hydrogen-bond donors (Lipinski definition) is 4. The molecule has 0 bridgehead atoms. The van der Waals surface area contributed by atoms with Crippen molar-refractivity contribution in [3.05, 3.63) is 120 Å². The van der Waals surface area contributed by atoms with Gasteiger partial charge in [-0.05, 0) is 74.6 Å². The minimum absolute atomic E-state index is 0.283. The van der Waals surface area contributed by atoms with Crippen LogP contribution in [-0.4, -0.2) is 44.1 Å². The van der Waals surface area contributed by atoms with Crippen molar-refractivity contribution in [3.63, 3.8) is 0 Å². The molecule has 2 amide bonds. The molecule has 2 aromatic heterocycles. The van der Waals surface area contributed by atoms with Crippen LogP contribution in [0.5, 0.6) is 0 Å². The summed E-state index contributed by atoms with van der Waals surface area (Å²) < 4.78 is 5.37. The molecule has 5 aromatic rings. The average Bonchev–Trinajstić information content (AvgIpc) is 3.77. The normalized spacial score (nSPS) is 11.7. The maximum atomic E-state index is 13.0. The Balaban J connectivity index is 1.08. The fourth-order valence-corrected chi connectivity index (χ4v) is 5.04. The predicted molar refractivity (Wildman–Crippen MR) is 188 cm³/mol. The van der Waals surface area contributed by atoms with Crippen molar-refractivity contribution in [2.24, 2.45) is 0 Å². The number of nitrogens with zero attached hydrogens (tertiary/aromatic N) is 2. The summed E-state index contributed by atoms with van der Waals surface area (Å²) in [6.45, 7) is 7.90. The van der Waals surface area contributed by atoms with Gasteiger partial charge in [-0.25, -0.2) is 14.8 Å². The first-order valence-corrected chi connectivity index (χ1v) is 16.3. The van der Waals surface area contributed by atoms with E-state index in [1.165, 1.54) is 0 Å². The Hall–Kier alpha value is -5.62. The van der Waals surface area contributed by atoms with Crippen LogP contribution >= 0.6 is 0 Å². The van der Waals surface area contributed by atoms with E-state index in [1.807, 2.05) is 79.1 Å². The molecule has 0 radical (unpaired) electrons. The standard InChI is InChI=1S/C39H42N6O3/c1-5-34-41-25-32(43-34)29-20-16-27(17-21-29)14-15-28-18-22-30(23-19-28)33-26-42-35(44-33)13-9-10-24-40-37(46)36(31-11-7-6-8-12-31)45-38(47)48-39(2,3)4/h6-8,11-12,16-23,25-26,36H,5,9-10,13,24H2,1-4H3,(H,40,46)(H,41,43)(H,42,44)(H,45,47)/t36-/m1/s1. The lowest BCUT2D eigenvalue weighted by Gasteiger charge is -2.23. The summed E-state index contributed by atoms with van der Waals surface area (Å²) >= 11 is 0. The Morgan fingerprint density at radius 1 is 0.792 bits per heavy atom. The van der Waals surface area contributed by atoms with Crippen LogP contribution in [0, 0.1) is 11.8 Å². The lowest BCUT2D eigenvalue weighted by atomic mass is 10.1. The smallest absolute Gasteiger partial charge is 0.408 e. The van der Waals surface area contributed by atoms with Gasteiger partial charge in [0.1, 0.15) is 23.3 Å². The van der Waals surface area contributed by atoms with E-state index >= 15 is 0 Å². The molecule has 2 heterocycles. The van der Waals surface area contributed by atoms with Crippen LogP contribution in [0.15, 0.2) is 91.3 Å². The number of benzene rings is 3. The lowest BCUT2D eigenvalue weighted by Crippen LogP contribution is -2.42. The molecule has 0 spiro atoms. The first-order chi connectivity index (χ1) is 23.2. The molecule has 0 saturated heterocycles. The molecule has 9 heteroatoms. The molecule has 246 valence electrons. The number of amides is 2. The van der Waals surface area contributed by atoms with Crippen molar-refractivity contribution in [1.29, 1.82) is 0 Å². The molecular formula is C39H42N6O3. The van der Waals surface area contributed by atoms with E-state index in [2.05, 4.69) is 61.5 Å². The van der Waals surface area contributed by atoms with Crippen molar-refractivity contribution in [1.82, 2.24) is 30.6 Å². The first kappa shape index (κ1) is 33.7. The average molecular weight is 643 g/mol. The van der Waals surface area contributed by atoms with Gasteiger partial charge in [-0.1, -0.05) is 73.4 Å². The predicted octanol–water partition coefficient (Wildman–Crippen LogP) is 7.13. The van der Waals surface area contributed by atoms with Gasteiger partial charge in [0.2, 0.25) is 5.91 Å². The molecule has 0 unspecified atom stereocenters. The lowest BCUT2D eigenvalue weighted by molar-refractivity contribution is -0.123. The van der Waals surface area contributed by atoms with Crippen LogP contribution in [0.4, 0.5) is 4.79 Å². The summed E-state index contributed by atoms with van der Waals surface area (Å²) in [4.78, 5) is 41.1. The van der Waals surface area contributed by atoms with Crippen molar-refractivity contribution >= 4 is 12.0 Å². The Bertz CT molecular complexity index is 1860. The van der Waals surface area contributed by atoms with Gasteiger partial charge in [-0.3, -0.25) is 4.79 Å². The van der Waals surface area contributed by atoms with Crippen LogP contribution in [0.25, 0.3) is 22.5 Å². The van der Waals surface area contributed by atoms with Crippen molar-refractivity contribution in [3.8, 4) is 34.4 Å². The Morgan fingerprint density at radius 2 is 1.35 bits per heavy atom. The molecule has 9 nitrogen and oxygen atoms in total. The fourth-order valence-electron chi connectivity index (χ4n) is 5.04. The minimum Gasteiger partial charge on any atom is -0.444 e. The number of carbonyl (C=O) groups excluding carboxylic acids is 2. The van der Waals surface area contributed by atoms with Gasteiger partial charge in [0.15, 0.2) is 0 Å². The summed E-state index contributed by atoms with van der Waals surface area (Å²) in [6, 6.07) is 24.6. The van der Waals surface area contributed by atoms with Crippen molar-refractivity contribution in [2.45, 2.75) is 65.0 Å². The largest absolute Gasteiger partial charge is 0.444 e. The monoisotopic (exact) mass is 642 g/mol. The number of aromatic amines is 2. The second kappa shape index (κ2) is 15.8. The fraction of sp³-hybridized carbons (Fsp3) is 0.282. The second-order valence-electron chi connectivity index (χ2n) is 12.5. The number of H-pyrrole nitrogens is 2. The number of aromatic nitrogens is 4. The molecular weight excluding hydrogens is 600 g/mol. The zero-order valence-electron chi connectivity index (χ0n) is 27.9. The van der Waals surface area contributed by atoms with Crippen molar-refractivity contribution < 1.29 is 14.3 Å². The number of unbranched alkanes of at least 4 members (excludes halogenated alkanes) is 1. The Kier molecular flexibility index (Phi) is 11.1. The van der Waals surface area contributed by atoms with Crippen LogP contribution in [0.2, 0.25) is 0 Å². The Labute approximate surface area is 282 Å². The molecule has 4 N–H and O–H groups in total. The maximum Gasteiger partial charge on any atom is 0.408 e. The van der Waals surface area contributed by atoms with E-state index in [9.17, 15) is 9.59 Å². The molecule has 0 aliphatic heterocycles. The molecule has 3 aromatic carbocycles. The number of alkyl carbamates (subject to hydrolysis) is 1. The summed E-state index contributed by atoms with van der Waals surface area (Å²) in [5.74, 6) is 8.07. The van der Waals surface area contributed by atoms with Gasteiger partial charge in [0.25, 0.3) is 0 Å².